The average Bonchev–Trinajstić information content (AvgIpc) is 2.99. The molecular formula is C12H13ClN2O. The molecule has 1 fully saturated rings. The van der Waals surface area contributed by atoms with Gasteiger partial charge >= 0.3 is 0 Å². The van der Waals surface area contributed by atoms with Crippen molar-refractivity contribution in [1.29, 1.82) is 0 Å². The lowest BCUT2D eigenvalue weighted by atomic mass is 10.1. The molecule has 0 radical (unpaired) electrons. The highest BCUT2D eigenvalue weighted by Gasteiger charge is 2.42. The minimum atomic E-state index is -0.187. The number of rotatable bonds is 1. The number of benzene rings is 1. The summed E-state index contributed by atoms with van der Waals surface area (Å²) < 4.78 is 0. The molecule has 2 N–H and O–H groups in total. The molecule has 1 atom stereocenters. The van der Waals surface area contributed by atoms with Crippen molar-refractivity contribution in [3.05, 3.63) is 23.8 Å². The molecule has 0 aromatic heterocycles. The predicted molar refractivity (Wildman–Crippen MR) is 64.9 cm³/mol. The van der Waals surface area contributed by atoms with Gasteiger partial charge in [0.1, 0.15) is 6.04 Å². The van der Waals surface area contributed by atoms with Crippen molar-refractivity contribution in [3.63, 3.8) is 0 Å². The number of amides is 1. The van der Waals surface area contributed by atoms with Gasteiger partial charge in [-0.05, 0) is 37.5 Å². The first-order valence-corrected chi connectivity index (χ1v) is 5.87. The number of carbonyl (C=O) groups excluding carboxylic acids is 1. The van der Waals surface area contributed by atoms with Gasteiger partial charge in [0.05, 0.1) is 16.2 Å². The van der Waals surface area contributed by atoms with E-state index in [0.29, 0.717) is 0 Å². The minimum absolute atomic E-state index is 0.00672. The molecule has 1 amide bonds. The Bertz CT molecular complexity index is 468. The van der Waals surface area contributed by atoms with E-state index in [-0.39, 0.29) is 16.8 Å². The number of halogens is 1. The molecule has 1 heterocycles. The maximum atomic E-state index is 11.5. The second-order valence-corrected chi connectivity index (χ2v) is 5.30. The standard InChI is InChI=1S/C12H13ClN2O/c1-7-11(16)15-9-3-2-8(6-10(9)14-7)12(13)4-5-12/h2-3,6-7,14H,4-5H2,1H3,(H,15,16)/t7-/m0/s1. The van der Waals surface area contributed by atoms with Gasteiger partial charge in [0.15, 0.2) is 0 Å². The minimum Gasteiger partial charge on any atom is -0.372 e. The normalized spacial score (nSPS) is 25.4. The van der Waals surface area contributed by atoms with E-state index in [0.717, 1.165) is 29.8 Å². The smallest absolute Gasteiger partial charge is 0.246 e. The Labute approximate surface area is 99.2 Å². The number of nitrogens with one attached hydrogen (secondary N) is 2. The van der Waals surface area contributed by atoms with Gasteiger partial charge in [-0.3, -0.25) is 4.79 Å². The van der Waals surface area contributed by atoms with Crippen LogP contribution in [0.3, 0.4) is 0 Å². The molecule has 1 saturated carbocycles. The van der Waals surface area contributed by atoms with E-state index in [4.69, 9.17) is 11.6 Å². The van der Waals surface area contributed by atoms with Crippen molar-refractivity contribution in [2.45, 2.75) is 30.7 Å². The van der Waals surface area contributed by atoms with Crippen LogP contribution in [0.4, 0.5) is 11.4 Å². The van der Waals surface area contributed by atoms with E-state index in [1.807, 2.05) is 25.1 Å². The Morgan fingerprint density at radius 3 is 2.81 bits per heavy atom. The zero-order valence-corrected chi connectivity index (χ0v) is 9.77. The van der Waals surface area contributed by atoms with Crippen LogP contribution in [0.5, 0.6) is 0 Å². The van der Waals surface area contributed by atoms with E-state index in [2.05, 4.69) is 10.6 Å². The van der Waals surface area contributed by atoms with Crippen LogP contribution in [0.1, 0.15) is 25.3 Å². The second-order valence-electron chi connectivity index (χ2n) is 4.58. The largest absolute Gasteiger partial charge is 0.372 e. The van der Waals surface area contributed by atoms with Crippen LogP contribution in [0.25, 0.3) is 0 Å². The molecule has 0 unspecified atom stereocenters. The van der Waals surface area contributed by atoms with Crippen LogP contribution in [0.2, 0.25) is 0 Å². The Kier molecular flexibility index (Phi) is 1.96. The predicted octanol–water partition coefficient (Wildman–Crippen LogP) is 2.67. The summed E-state index contributed by atoms with van der Waals surface area (Å²) in [4.78, 5) is 11.3. The van der Waals surface area contributed by atoms with Crippen molar-refractivity contribution in [2.75, 3.05) is 10.6 Å². The molecule has 1 aromatic carbocycles. The summed E-state index contributed by atoms with van der Waals surface area (Å²) in [5.74, 6) is 0.00672. The summed E-state index contributed by atoms with van der Waals surface area (Å²) in [6, 6.07) is 5.78. The quantitative estimate of drug-likeness (QED) is 0.736. The number of anilines is 2. The molecule has 3 rings (SSSR count). The van der Waals surface area contributed by atoms with Gasteiger partial charge in [-0.25, -0.2) is 0 Å². The van der Waals surface area contributed by atoms with Crippen molar-refractivity contribution in [1.82, 2.24) is 0 Å². The lowest BCUT2D eigenvalue weighted by molar-refractivity contribution is -0.116. The molecule has 84 valence electrons. The Morgan fingerprint density at radius 2 is 2.12 bits per heavy atom. The third kappa shape index (κ3) is 1.47. The molecule has 2 aliphatic rings. The molecule has 1 aromatic rings. The maximum Gasteiger partial charge on any atom is 0.246 e. The van der Waals surface area contributed by atoms with Crippen LogP contribution in [-0.2, 0) is 9.67 Å². The van der Waals surface area contributed by atoms with E-state index >= 15 is 0 Å². The monoisotopic (exact) mass is 236 g/mol. The molecule has 16 heavy (non-hydrogen) atoms. The first-order valence-electron chi connectivity index (χ1n) is 5.49. The van der Waals surface area contributed by atoms with E-state index in [9.17, 15) is 4.79 Å². The van der Waals surface area contributed by atoms with E-state index < -0.39 is 0 Å². The van der Waals surface area contributed by atoms with Gasteiger partial charge in [-0.15, -0.1) is 11.6 Å². The van der Waals surface area contributed by atoms with Crippen molar-refractivity contribution >= 4 is 28.9 Å². The Hall–Kier alpha value is -1.22. The van der Waals surface area contributed by atoms with Gasteiger partial charge in [0.25, 0.3) is 0 Å². The van der Waals surface area contributed by atoms with Crippen LogP contribution in [-0.4, -0.2) is 11.9 Å². The number of alkyl halides is 1. The lowest BCUT2D eigenvalue weighted by Gasteiger charge is -2.25. The highest BCUT2D eigenvalue weighted by atomic mass is 35.5. The van der Waals surface area contributed by atoms with E-state index in [1.54, 1.807) is 0 Å². The van der Waals surface area contributed by atoms with Crippen molar-refractivity contribution < 1.29 is 4.79 Å². The fourth-order valence-corrected chi connectivity index (χ4v) is 2.20. The number of hydrogen-bond acceptors (Lipinski definition) is 2. The van der Waals surface area contributed by atoms with Crippen LogP contribution >= 0.6 is 11.6 Å². The zero-order chi connectivity index (χ0) is 11.3. The molecule has 0 spiro atoms. The fraction of sp³-hybridized carbons (Fsp3) is 0.417. The molecule has 3 nitrogen and oxygen atoms in total. The zero-order valence-electron chi connectivity index (χ0n) is 9.01. The molecule has 4 heteroatoms. The summed E-state index contributed by atoms with van der Waals surface area (Å²) in [6.45, 7) is 1.85. The highest BCUT2D eigenvalue weighted by molar-refractivity contribution is 6.26. The average molecular weight is 237 g/mol. The topological polar surface area (TPSA) is 41.1 Å². The molecule has 0 saturated heterocycles. The number of fused-ring (bicyclic) bond motifs is 1. The van der Waals surface area contributed by atoms with Gasteiger partial charge in [0.2, 0.25) is 5.91 Å². The number of hydrogen-bond donors (Lipinski definition) is 2. The maximum absolute atomic E-state index is 11.5. The van der Waals surface area contributed by atoms with Crippen LogP contribution in [0, 0.1) is 0 Å². The Balaban J connectivity index is 1.99. The van der Waals surface area contributed by atoms with E-state index in [1.165, 1.54) is 0 Å². The number of carbonyl (C=O) groups is 1. The molecule has 1 aliphatic heterocycles. The molecule has 0 bridgehead atoms. The van der Waals surface area contributed by atoms with Crippen molar-refractivity contribution in [2.24, 2.45) is 0 Å². The first-order chi connectivity index (χ1) is 7.58. The van der Waals surface area contributed by atoms with Gasteiger partial charge in [-0.1, -0.05) is 6.07 Å². The summed E-state index contributed by atoms with van der Waals surface area (Å²) in [6.07, 6.45) is 2.07. The summed E-state index contributed by atoms with van der Waals surface area (Å²) in [5.41, 5.74) is 2.95. The van der Waals surface area contributed by atoms with Gasteiger partial charge in [0, 0.05) is 0 Å². The third-order valence-corrected chi connectivity index (χ3v) is 3.85. The third-order valence-electron chi connectivity index (χ3n) is 3.25. The second kappa shape index (κ2) is 3.14. The lowest BCUT2D eigenvalue weighted by Crippen LogP contribution is -2.36. The summed E-state index contributed by atoms with van der Waals surface area (Å²) >= 11 is 6.36. The summed E-state index contributed by atoms with van der Waals surface area (Å²) in [5, 5.41) is 6.04. The van der Waals surface area contributed by atoms with Gasteiger partial charge in [-0.2, -0.15) is 0 Å². The molecule has 1 aliphatic carbocycles. The highest BCUT2D eigenvalue weighted by Crippen LogP contribution is 2.53. The fourth-order valence-electron chi connectivity index (χ4n) is 1.99. The first kappa shape index (κ1) is 9.97. The van der Waals surface area contributed by atoms with Crippen LogP contribution < -0.4 is 10.6 Å². The van der Waals surface area contributed by atoms with Gasteiger partial charge < -0.3 is 10.6 Å². The summed E-state index contributed by atoms with van der Waals surface area (Å²) in [7, 11) is 0. The van der Waals surface area contributed by atoms with Crippen molar-refractivity contribution in [3.8, 4) is 0 Å². The SMILES string of the molecule is C[C@@H]1Nc2cc(C3(Cl)CC3)ccc2NC1=O. The van der Waals surface area contributed by atoms with Crippen LogP contribution in [0.15, 0.2) is 18.2 Å². The molecular weight excluding hydrogens is 224 g/mol. The Morgan fingerprint density at radius 1 is 1.38 bits per heavy atom.